The van der Waals surface area contributed by atoms with Crippen LogP contribution >= 0.6 is 0 Å². The lowest BCUT2D eigenvalue weighted by atomic mass is 10.0. The molecular weight excluding hydrogens is 420 g/mol. The summed E-state index contributed by atoms with van der Waals surface area (Å²) in [6, 6.07) is 0. The van der Waals surface area contributed by atoms with Crippen molar-refractivity contribution >= 4 is 11.9 Å². The minimum Gasteiger partial charge on any atom is -0.478 e. The lowest BCUT2D eigenvalue weighted by Gasteiger charge is -2.10. The van der Waals surface area contributed by atoms with Crippen molar-refractivity contribution in [3.05, 3.63) is 36.5 Å². The molecule has 6 heteroatoms. The Kier molecular flexibility index (Phi) is 21.9. The molecule has 0 fully saturated rings. The lowest BCUT2D eigenvalue weighted by Crippen LogP contribution is -2.24. The van der Waals surface area contributed by atoms with E-state index in [0.717, 1.165) is 12.8 Å². The number of rotatable bonds is 23. The molecule has 0 amide bonds. The van der Waals surface area contributed by atoms with Gasteiger partial charge < -0.3 is 19.7 Å². The van der Waals surface area contributed by atoms with Crippen LogP contribution in [0.2, 0.25) is 0 Å². The first-order valence-electron chi connectivity index (χ1n) is 12.6. The van der Waals surface area contributed by atoms with Crippen molar-refractivity contribution in [1.82, 2.24) is 0 Å². The van der Waals surface area contributed by atoms with Gasteiger partial charge in [0, 0.05) is 6.08 Å². The monoisotopic (exact) mass is 466 g/mol. The highest BCUT2D eigenvalue weighted by Crippen LogP contribution is 2.13. The Morgan fingerprint density at radius 2 is 1.39 bits per heavy atom. The molecule has 0 aromatic rings. The maximum Gasteiger partial charge on any atom is 0.333 e. The number of hydrogen-bond donors (Lipinski definition) is 2. The number of unbranched alkanes of at least 4 members (excludes halogenated alkanes) is 13. The van der Waals surface area contributed by atoms with Crippen LogP contribution in [-0.2, 0) is 19.1 Å². The fourth-order valence-electron chi connectivity index (χ4n) is 3.24. The van der Waals surface area contributed by atoms with E-state index in [1.54, 1.807) is 6.08 Å². The summed E-state index contributed by atoms with van der Waals surface area (Å²) in [4.78, 5) is 22.2. The van der Waals surface area contributed by atoms with Gasteiger partial charge in [-0.2, -0.15) is 0 Å². The molecule has 0 saturated carbocycles. The molecule has 0 aliphatic carbocycles. The zero-order valence-electron chi connectivity index (χ0n) is 20.6. The Balaban J connectivity index is 3.50. The molecule has 1 atom stereocenters. The first-order chi connectivity index (χ1) is 16.0. The van der Waals surface area contributed by atoms with Gasteiger partial charge in [0.05, 0.1) is 18.8 Å². The van der Waals surface area contributed by atoms with Crippen LogP contribution < -0.4 is 0 Å². The molecule has 0 heterocycles. The largest absolute Gasteiger partial charge is 0.478 e. The average molecular weight is 467 g/mol. The van der Waals surface area contributed by atoms with Crippen LogP contribution in [0.3, 0.4) is 0 Å². The summed E-state index contributed by atoms with van der Waals surface area (Å²) in [6.07, 6.45) is 24.3. The highest BCUT2D eigenvalue weighted by Gasteiger charge is 2.09. The molecule has 0 aliphatic heterocycles. The van der Waals surface area contributed by atoms with Crippen molar-refractivity contribution < 1.29 is 29.3 Å². The summed E-state index contributed by atoms with van der Waals surface area (Å²) in [5, 5.41) is 18.3. The molecule has 33 heavy (non-hydrogen) atoms. The van der Waals surface area contributed by atoms with Crippen LogP contribution in [0, 0.1) is 0 Å². The lowest BCUT2D eigenvalue weighted by molar-refractivity contribution is -0.141. The number of aliphatic carboxylic acids is 1. The number of ether oxygens (including phenoxy) is 2. The van der Waals surface area contributed by atoms with Crippen LogP contribution in [0.5, 0.6) is 0 Å². The minimum absolute atomic E-state index is 0.104. The standard InChI is InChI=1S/C27H46O6/c1-3-4-5-6-7-8-9-10-11-12-13-14-15-16-17-18-19-20-26(29)33-23-25(28)22-32-21-24(2)27(30)31/h17-20,25,28H,2-16,21-23H2,1H3,(H,30,31). The van der Waals surface area contributed by atoms with E-state index in [4.69, 9.17) is 14.6 Å². The number of carboxylic acids is 1. The topological polar surface area (TPSA) is 93.1 Å². The number of carbonyl (C=O) groups excluding carboxylic acids is 1. The van der Waals surface area contributed by atoms with Crippen molar-refractivity contribution in [3.8, 4) is 0 Å². The summed E-state index contributed by atoms with van der Waals surface area (Å²) in [7, 11) is 0. The normalized spacial score (nSPS) is 12.4. The quantitative estimate of drug-likeness (QED) is 0.0813. The van der Waals surface area contributed by atoms with Gasteiger partial charge >= 0.3 is 11.9 Å². The highest BCUT2D eigenvalue weighted by molar-refractivity contribution is 5.86. The predicted octanol–water partition coefficient (Wildman–Crippen LogP) is 6.14. The van der Waals surface area contributed by atoms with Gasteiger partial charge in [-0.15, -0.1) is 0 Å². The Morgan fingerprint density at radius 1 is 0.848 bits per heavy atom. The smallest absolute Gasteiger partial charge is 0.333 e. The molecule has 0 saturated heterocycles. The van der Waals surface area contributed by atoms with Gasteiger partial charge in [0.15, 0.2) is 0 Å². The highest BCUT2D eigenvalue weighted by atomic mass is 16.5. The third kappa shape index (κ3) is 23.0. The Hall–Kier alpha value is -1.92. The van der Waals surface area contributed by atoms with E-state index in [2.05, 4.69) is 13.5 Å². The van der Waals surface area contributed by atoms with Gasteiger partial charge in [0.1, 0.15) is 12.7 Å². The van der Waals surface area contributed by atoms with Crippen LogP contribution in [0.25, 0.3) is 0 Å². The summed E-state index contributed by atoms with van der Waals surface area (Å²) in [6.45, 7) is 5.03. The van der Waals surface area contributed by atoms with Gasteiger partial charge in [-0.1, -0.05) is 109 Å². The average Bonchev–Trinajstić information content (AvgIpc) is 2.79. The molecule has 6 nitrogen and oxygen atoms in total. The van der Waals surface area contributed by atoms with Gasteiger partial charge in [0.2, 0.25) is 0 Å². The SMILES string of the molecule is C=C(COCC(O)COC(=O)C=CC=CCCCCCCCCCCCCCCC)C(=O)O. The summed E-state index contributed by atoms with van der Waals surface area (Å²) >= 11 is 0. The van der Waals surface area contributed by atoms with Crippen molar-refractivity contribution in [2.75, 3.05) is 19.8 Å². The molecule has 190 valence electrons. The number of hydrogen-bond acceptors (Lipinski definition) is 5. The van der Waals surface area contributed by atoms with Crippen molar-refractivity contribution in [3.63, 3.8) is 0 Å². The third-order valence-corrected chi connectivity index (χ3v) is 5.26. The van der Waals surface area contributed by atoms with Crippen molar-refractivity contribution in [2.24, 2.45) is 0 Å². The second-order valence-electron chi connectivity index (χ2n) is 8.53. The number of allylic oxidation sites excluding steroid dienone is 3. The van der Waals surface area contributed by atoms with Crippen molar-refractivity contribution in [1.29, 1.82) is 0 Å². The first kappa shape index (κ1) is 31.1. The van der Waals surface area contributed by atoms with Crippen LogP contribution in [-0.4, -0.2) is 48.1 Å². The minimum atomic E-state index is -1.15. The zero-order valence-corrected chi connectivity index (χ0v) is 20.6. The predicted molar refractivity (Wildman–Crippen MR) is 133 cm³/mol. The van der Waals surface area contributed by atoms with E-state index in [-0.39, 0.29) is 25.4 Å². The molecule has 0 aliphatic rings. The Bertz CT molecular complexity index is 567. The van der Waals surface area contributed by atoms with E-state index in [1.807, 2.05) is 12.2 Å². The number of carboxylic acid groups (broad SMARTS) is 1. The Labute approximate surface area is 200 Å². The molecule has 0 spiro atoms. The summed E-state index contributed by atoms with van der Waals surface area (Å²) in [5.41, 5.74) is -0.104. The van der Waals surface area contributed by atoms with Gasteiger partial charge in [-0.25, -0.2) is 9.59 Å². The van der Waals surface area contributed by atoms with Gasteiger partial charge in [0.25, 0.3) is 0 Å². The number of aliphatic hydroxyl groups excluding tert-OH is 1. The molecule has 0 radical (unpaired) electrons. The fraction of sp³-hybridized carbons (Fsp3) is 0.704. The molecule has 2 N–H and O–H groups in total. The van der Waals surface area contributed by atoms with E-state index in [1.165, 1.54) is 83.1 Å². The summed E-state index contributed by atoms with van der Waals surface area (Å²) in [5.74, 6) is -1.70. The second-order valence-corrected chi connectivity index (χ2v) is 8.53. The second kappa shape index (κ2) is 23.2. The summed E-state index contributed by atoms with van der Waals surface area (Å²) < 4.78 is 9.91. The van der Waals surface area contributed by atoms with E-state index in [0.29, 0.717) is 0 Å². The van der Waals surface area contributed by atoms with E-state index in [9.17, 15) is 14.7 Å². The molecule has 1 unspecified atom stereocenters. The van der Waals surface area contributed by atoms with E-state index >= 15 is 0 Å². The molecule has 0 rings (SSSR count). The number of carbonyl (C=O) groups is 2. The van der Waals surface area contributed by atoms with Crippen LogP contribution in [0.15, 0.2) is 36.5 Å². The molecular formula is C27H46O6. The van der Waals surface area contributed by atoms with Gasteiger partial charge in [-0.05, 0) is 12.8 Å². The number of aliphatic hydroxyl groups is 1. The maximum absolute atomic E-state index is 11.6. The first-order valence-corrected chi connectivity index (χ1v) is 12.6. The molecule has 0 aromatic carbocycles. The van der Waals surface area contributed by atoms with Gasteiger partial charge in [-0.3, -0.25) is 0 Å². The number of esters is 1. The molecule has 0 bridgehead atoms. The molecule has 0 aromatic heterocycles. The van der Waals surface area contributed by atoms with Crippen molar-refractivity contribution in [2.45, 2.75) is 103 Å². The fourth-order valence-corrected chi connectivity index (χ4v) is 3.24. The van der Waals surface area contributed by atoms with E-state index < -0.39 is 18.0 Å². The third-order valence-electron chi connectivity index (χ3n) is 5.26. The zero-order chi connectivity index (χ0) is 24.6. The maximum atomic E-state index is 11.6. The Morgan fingerprint density at radius 3 is 1.94 bits per heavy atom. The van der Waals surface area contributed by atoms with Crippen LogP contribution in [0.1, 0.15) is 96.8 Å². The van der Waals surface area contributed by atoms with Crippen LogP contribution in [0.4, 0.5) is 0 Å².